The summed E-state index contributed by atoms with van der Waals surface area (Å²) in [7, 11) is 0. The molecule has 2 nitrogen and oxygen atoms in total. The standard InChI is InChI=1S/C54H40N2/c1-4-15-37(16-5-1)43-32-44(38-17-6-2-7-18-38)34-46(33-43)56-52-26-13-11-24-48(52)50-36-42(28-30-54(50)56)40-20-14-19-39(31-40)41-27-29-53-49(35-41)47-23-10-12-25-51(47)55(53)45-21-8-3-9-22-45/h1,3-6,8-11,13-24,26-36H,2,7,12,25H2. The van der Waals surface area contributed by atoms with Gasteiger partial charge in [0, 0.05) is 38.8 Å². The van der Waals surface area contributed by atoms with Crippen LogP contribution >= 0.6 is 0 Å². The van der Waals surface area contributed by atoms with Gasteiger partial charge in [-0.15, -0.1) is 0 Å². The smallest absolute Gasteiger partial charge is 0.0541 e. The highest BCUT2D eigenvalue weighted by molar-refractivity contribution is 6.10. The summed E-state index contributed by atoms with van der Waals surface area (Å²) in [5, 5.41) is 3.83. The number of para-hydroxylation sites is 2. The van der Waals surface area contributed by atoms with Crippen molar-refractivity contribution in [3.63, 3.8) is 0 Å². The average molecular weight is 717 g/mol. The molecule has 0 saturated carbocycles. The first-order valence-electron chi connectivity index (χ1n) is 19.9. The van der Waals surface area contributed by atoms with E-state index < -0.39 is 0 Å². The minimum Gasteiger partial charge on any atom is -0.313 e. The van der Waals surface area contributed by atoms with Crippen molar-refractivity contribution < 1.29 is 0 Å². The molecule has 0 atom stereocenters. The second-order valence-electron chi connectivity index (χ2n) is 15.1. The molecule has 2 aliphatic carbocycles. The molecule has 0 fully saturated rings. The average Bonchev–Trinajstić information content (AvgIpc) is 3.79. The number of fused-ring (bicyclic) bond motifs is 6. The van der Waals surface area contributed by atoms with Crippen LogP contribution in [0.1, 0.15) is 36.1 Å². The van der Waals surface area contributed by atoms with Crippen LogP contribution in [0.2, 0.25) is 0 Å². The van der Waals surface area contributed by atoms with E-state index in [1.807, 2.05) is 0 Å². The molecule has 0 saturated heterocycles. The van der Waals surface area contributed by atoms with Crippen LogP contribution in [-0.2, 0) is 6.42 Å². The molecule has 0 N–H and O–H groups in total. The molecule has 56 heavy (non-hydrogen) atoms. The first-order valence-corrected chi connectivity index (χ1v) is 19.9. The predicted octanol–water partition coefficient (Wildman–Crippen LogP) is 14.4. The fourth-order valence-corrected chi connectivity index (χ4v) is 9.11. The van der Waals surface area contributed by atoms with Gasteiger partial charge in [0.15, 0.2) is 0 Å². The molecule has 2 heteroatoms. The van der Waals surface area contributed by atoms with Gasteiger partial charge in [-0.25, -0.2) is 0 Å². The van der Waals surface area contributed by atoms with Crippen LogP contribution in [0.4, 0.5) is 0 Å². The normalized spacial score (nSPS) is 13.8. The topological polar surface area (TPSA) is 9.86 Å². The Morgan fingerprint density at radius 2 is 0.982 bits per heavy atom. The van der Waals surface area contributed by atoms with Crippen LogP contribution < -0.4 is 0 Å². The first-order chi connectivity index (χ1) is 27.8. The summed E-state index contributed by atoms with van der Waals surface area (Å²) in [5.41, 5.74) is 18.7. The number of hydrogen-bond donors (Lipinski definition) is 0. The maximum Gasteiger partial charge on any atom is 0.0541 e. The van der Waals surface area contributed by atoms with Crippen LogP contribution in [0.25, 0.3) is 89.1 Å². The lowest BCUT2D eigenvalue weighted by molar-refractivity contribution is 0.888. The van der Waals surface area contributed by atoms with E-state index in [1.165, 1.54) is 99.9 Å². The summed E-state index contributed by atoms with van der Waals surface area (Å²) in [4.78, 5) is 0. The van der Waals surface area contributed by atoms with Crippen molar-refractivity contribution in [2.75, 3.05) is 0 Å². The highest BCUT2D eigenvalue weighted by Crippen LogP contribution is 2.40. The number of nitrogens with zero attached hydrogens (tertiary/aromatic N) is 2. The minimum absolute atomic E-state index is 1.05. The summed E-state index contributed by atoms with van der Waals surface area (Å²) in [6, 6.07) is 60.6. The predicted molar refractivity (Wildman–Crippen MR) is 238 cm³/mol. The van der Waals surface area contributed by atoms with E-state index in [1.54, 1.807) is 0 Å². The van der Waals surface area contributed by atoms with E-state index in [2.05, 4.69) is 203 Å². The Kier molecular flexibility index (Phi) is 7.81. The SMILES string of the molecule is C1=CC(c2cc(-c3ccccc3)cc(-n3c4ccccc4c4cc(-c5cccc(-c6ccc7c(c6)c6c(n7-c7ccccc7)CCC=C6)c5)ccc43)c2)=CCC1. The summed E-state index contributed by atoms with van der Waals surface area (Å²) in [5.74, 6) is 0. The van der Waals surface area contributed by atoms with Crippen molar-refractivity contribution in [3.05, 3.63) is 205 Å². The molecule has 7 aromatic carbocycles. The Morgan fingerprint density at radius 3 is 1.77 bits per heavy atom. The molecular formula is C54H40N2. The van der Waals surface area contributed by atoms with Crippen molar-refractivity contribution in [3.8, 4) is 44.8 Å². The van der Waals surface area contributed by atoms with Crippen LogP contribution in [-0.4, -0.2) is 9.13 Å². The maximum absolute atomic E-state index is 2.46. The molecule has 2 heterocycles. The fraction of sp³-hybridized carbons (Fsp3) is 0.0741. The highest BCUT2D eigenvalue weighted by atomic mass is 15.0. The molecule has 11 rings (SSSR count). The fourth-order valence-electron chi connectivity index (χ4n) is 9.11. The summed E-state index contributed by atoms with van der Waals surface area (Å²) >= 11 is 0. The zero-order chi connectivity index (χ0) is 37.0. The second-order valence-corrected chi connectivity index (χ2v) is 15.1. The van der Waals surface area contributed by atoms with Gasteiger partial charge in [0.1, 0.15) is 0 Å². The Bertz CT molecular complexity index is 3060. The lowest BCUT2D eigenvalue weighted by Gasteiger charge is -2.15. The van der Waals surface area contributed by atoms with E-state index in [4.69, 9.17) is 0 Å². The zero-order valence-electron chi connectivity index (χ0n) is 31.2. The van der Waals surface area contributed by atoms with Gasteiger partial charge in [0.2, 0.25) is 0 Å². The number of aromatic nitrogens is 2. The number of benzene rings is 7. The van der Waals surface area contributed by atoms with E-state index in [0.29, 0.717) is 0 Å². The van der Waals surface area contributed by atoms with E-state index in [-0.39, 0.29) is 0 Å². The van der Waals surface area contributed by atoms with Gasteiger partial charge in [-0.05, 0) is 137 Å². The lowest BCUT2D eigenvalue weighted by Crippen LogP contribution is -2.02. The number of allylic oxidation sites excluding steroid dienone is 5. The van der Waals surface area contributed by atoms with Crippen LogP contribution in [0, 0.1) is 0 Å². The molecule has 2 aliphatic rings. The maximum atomic E-state index is 2.46. The summed E-state index contributed by atoms with van der Waals surface area (Å²) in [6.45, 7) is 0. The molecule has 0 unspecified atom stereocenters. The van der Waals surface area contributed by atoms with Gasteiger partial charge >= 0.3 is 0 Å². The monoisotopic (exact) mass is 716 g/mol. The molecule has 0 radical (unpaired) electrons. The van der Waals surface area contributed by atoms with E-state index >= 15 is 0 Å². The van der Waals surface area contributed by atoms with Gasteiger partial charge < -0.3 is 9.13 Å². The van der Waals surface area contributed by atoms with Crippen molar-refractivity contribution in [1.82, 2.24) is 9.13 Å². The largest absolute Gasteiger partial charge is 0.313 e. The quantitative estimate of drug-likeness (QED) is 0.162. The molecule has 9 aromatic rings. The van der Waals surface area contributed by atoms with Gasteiger partial charge in [-0.1, -0.05) is 127 Å². The molecular weight excluding hydrogens is 677 g/mol. The molecule has 2 aromatic heterocycles. The Labute approximate surface area is 327 Å². The Balaban J connectivity index is 1.03. The molecule has 0 aliphatic heterocycles. The van der Waals surface area contributed by atoms with Crippen molar-refractivity contribution in [2.45, 2.75) is 25.7 Å². The second kappa shape index (κ2) is 13.4. The summed E-state index contributed by atoms with van der Waals surface area (Å²) in [6.07, 6.45) is 15.9. The van der Waals surface area contributed by atoms with Crippen LogP contribution in [0.5, 0.6) is 0 Å². The van der Waals surface area contributed by atoms with Crippen LogP contribution in [0.3, 0.4) is 0 Å². The van der Waals surface area contributed by atoms with Crippen molar-refractivity contribution in [2.24, 2.45) is 0 Å². The molecule has 0 amide bonds. The van der Waals surface area contributed by atoms with Crippen LogP contribution in [0.15, 0.2) is 188 Å². The molecule has 0 bridgehead atoms. The minimum atomic E-state index is 1.05. The Morgan fingerprint density at radius 1 is 0.357 bits per heavy atom. The zero-order valence-corrected chi connectivity index (χ0v) is 31.2. The highest BCUT2D eigenvalue weighted by Gasteiger charge is 2.20. The molecule has 266 valence electrons. The third kappa shape index (κ3) is 5.48. The van der Waals surface area contributed by atoms with Gasteiger partial charge in [-0.3, -0.25) is 0 Å². The van der Waals surface area contributed by atoms with E-state index in [0.717, 1.165) is 25.7 Å². The van der Waals surface area contributed by atoms with Gasteiger partial charge in [-0.2, -0.15) is 0 Å². The number of hydrogen-bond acceptors (Lipinski definition) is 0. The third-order valence-electron chi connectivity index (χ3n) is 11.8. The van der Waals surface area contributed by atoms with Gasteiger partial charge in [0.05, 0.1) is 16.6 Å². The molecule has 0 spiro atoms. The Hall–Kier alpha value is -6.90. The summed E-state index contributed by atoms with van der Waals surface area (Å²) < 4.78 is 4.92. The van der Waals surface area contributed by atoms with E-state index in [9.17, 15) is 0 Å². The van der Waals surface area contributed by atoms with Crippen molar-refractivity contribution in [1.29, 1.82) is 0 Å². The first kappa shape index (κ1) is 32.5. The van der Waals surface area contributed by atoms with Crippen molar-refractivity contribution >= 4 is 44.4 Å². The third-order valence-corrected chi connectivity index (χ3v) is 11.8. The number of rotatable bonds is 6. The lowest BCUT2D eigenvalue weighted by atomic mass is 9.95. The van der Waals surface area contributed by atoms with Gasteiger partial charge in [0.25, 0.3) is 0 Å².